The summed E-state index contributed by atoms with van der Waals surface area (Å²) in [6.07, 6.45) is 0. The first-order valence-corrected chi connectivity index (χ1v) is 7.63. The topological polar surface area (TPSA) is 76.9 Å². The van der Waals surface area contributed by atoms with Crippen molar-refractivity contribution in [1.29, 1.82) is 0 Å². The number of thiophene rings is 1. The molecule has 1 aliphatic rings. The SMILES string of the molecule is CN1OCC(C)(c2cc(-c3ccc(F)c(N)c3)cs2)N=C1N. The Labute approximate surface area is 132 Å². The summed E-state index contributed by atoms with van der Waals surface area (Å²) in [7, 11) is 1.72. The molecule has 2 heterocycles. The zero-order valence-electron chi connectivity index (χ0n) is 12.3. The fraction of sp³-hybridized carbons (Fsp3) is 0.267. The summed E-state index contributed by atoms with van der Waals surface area (Å²) < 4.78 is 13.3. The minimum atomic E-state index is -0.523. The standard InChI is InChI=1S/C15H17FN4OS/c1-15(8-21-20(2)14(18)19-15)13-6-10(7-22-13)9-3-4-11(16)12(17)5-9/h3-7H,8,17H2,1-2H3,(H2,18,19). The van der Waals surface area contributed by atoms with Gasteiger partial charge in [-0.05, 0) is 41.6 Å². The third kappa shape index (κ3) is 2.53. The van der Waals surface area contributed by atoms with Gasteiger partial charge in [0.25, 0.3) is 0 Å². The van der Waals surface area contributed by atoms with Gasteiger partial charge in [0, 0.05) is 11.9 Å². The van der Waals surface area contributed by atoms with Crippen LogP contribution >= 0.6 is 11.3 Å². The highest BCUT2D eigenvalue weighted by atomic mass is 32.1. The predicted octanol–water partition coefficient (Wildman–Crippen LogP) is 2.54. The highest BCUT2D eigenvalue weighted by Crippen LogP contribution is 2.37. The molecule has 116 valence electrons. The summed E-state index contributed by atoms with van der Waals surface area (Å²) in [6, 6.07) is 6.73. The quantitative estimate of drug-likeness (QED) is 0.834. The van der Waals surface area contributed by atoms with Gasteiger partial charge >= 0.3 is 0 Å². The monoisotopic (exact) mass is 320 g/mol. The number of hydrogen-bond donors (Lipinski definition) is 2. The van der Waals surface area contributed by atoms with Crippen LogP contribution in [0.25, 0.3) is 11.1 Å². The van der Waals surface area contributed by atoms with E-state index in [1.807, 2.05) is 18.4 Å². The molecule has 0 aliphatic carbocycles. The molecular formula is C15H17FN4OS. The molecule has 7 heteroatoms. The Hall–Kier alpha value is -2.12. The van der Waals surface area contributed by atoms with Gasteiger partial charge in [0.05, 0.1) is 5.69 Å². The molecule has 0 fully saturated rings. The number of hydrogen-bond acceptors (Lipinski definition) is 6. The van der Waals surface area contributed by atoms with E-state index in [0.717, 1.165) is 16.0 Å². The molecule has 5 nitrogen and oxygen atoms in total. The number of benzene rings is 1. The molecule has 1 aliphatic heterocycles. The molecule has 0 saturated heterocycles. The molecule has 0 saturated carbocycles. The van der Waals surface area contributed by atoms with Crippen LogP contribution in [-0.2, 0) is 10.4 Å². The molecule has 0 amide bonds. The van der Waals surface area contributed by atoms with Crippen molar-refractivity contribution in [1.82, 2.24) is 5.06 Å². The van der Waals surface area contributed by atoms with Gasteiger partial charge in [-0.2, -0.15) is 0 Å². The van der Waals surface area contributed by atoms with Crippen LogP contribution in [0.1, 0.15) is 11.8 Å². The van der Waals surface area contributed by atoms with Crippen LogP contribution < -0.4 is 11.5 Å². The maximum atomic E-state index is 13.3. The number of aliphatic imine (C=N–C) groups is 1. The second kappa shape index (κ2) is 5.26. The number of halogens is 1. The molecule has 0 spiro atoms. The number of rotatable bonds is 2. The van der Waals surface area contributed by atoms with Crippen molar-refractivity contribution in [3.05, 3.63) is 40.3 Å². The van der Waals surface area contributed by atoms with E-state index in [1.54, 1.807) is 30.5 Å². The summed E-state index contributed by atoms with van der Waals surface area (Å²) in [6.45, 7) is 2.39. The van der Waals surface area contributed by atoms with Crippen LogP contribution in [0.5, 0.6) is 0 Å². The normalized spacial score (nSPS) is 21.8. The maximum Gasteiger partial charge on any atom is 0.216 e. The van der Waals surface area contributed by atoms with Crippen molar-refractivity contribution in [2.45, 2.75) is 12.5 Å². The molecule has 0 radical (unpaired) electrons. The second-order valence-electron chi connectivity index (χ2n) is 5.45. The van der Waals surface area contributed by atoms with Gasteiger partial charge in [0.1, 0.15) is 18.0 Å². The molecular weight excluding hydrogens is 303 g/mol. The van der Waals surface area contributed by atoms with Crippen molar-refractivity contribution in [2.24, 2.45) is 10.7 Å². The Morgan fingerprint density at radius 2 is 2.09 bits per heavy atom. The van der Waals surface area contributed by atoms with Gasteiger partial charge in [-0.25, -0.2) is 14.4 Å². The molecule has 2 aromatic rings. The highest BCUT2D eigenvalue weighted by Gasteiger charge is 2.33. The van der Waals surface area contributed by atoms with Crippen molar-refractivity contribution >= 4 is 23.0 Å². The van der Waals surface area contributed by atoms with E-state index in [0.29, 0.717) is 12.6 Å². The van der Waals surface area contributed by atoms with Gasteiger partial charge < -0.3 is 11.5 Å². The van der Waals surface area contributed by atoms with Crippen LogP contribution in [-0.4, -0.2) is 24.7 Å². The number of hydroxylamine groups is 2. The van der Waals surface area contributed by atoms with Crippen molar-refractivity contribution in [3.63, 3.8) is 0 Å². The zero-order valence-corrected chi connectivity index (χ0v) is 13.2. The molecule has 1 aromatic carbocycles. The Kier molecular flexibility index (Phi) is 3.54. The maximum absolute atomic E-state index is 13.3. The summed E-state index contributed by atoms with van der Waals surface area (Å²) in [5, 5.41) is 3.45. The molecule has 1 atom stereocenters. The molecule has 4 N–H and O–H groups in total. The lowest BCUT2D eigenvalue weighted by Crippen LogP contribution is -2.45. The number of guanidine groups is 1. The van der Waals surface area contributed by atoms with Gasteiger partial charge in [-0.3, -0.25) is 4.84 Å². The van der Waals surface area contributed by atoms with E-state index in [-0.39, 0.29) is 5.69 Å². The second-order valence-corrected chi connectivity index (χ2v) is 6.36. The van der Waals surface area contributed by atoms with E-state index >= 15 is 0 Å². The van der Waals surface area contributed by atoms with Crippen molar-refractivity contribution in [2.75, 3.05) is 19.4 Å². The summed E-state index contributed by atoms with van der Waals surface area (Å²) in [5.41, 5.74) is 12.9. The van der Waals surface area contributed by atoms with Gasteiger partial charge in [0.15, 0.2) is 0 Å². The van der Waals surface area contributed by atoms with Gasteiger partial charge in [-0.15, -0.1) is 11.3 Å². The first kappa shape index (κ1) is 14.8. The molecule has 1 aromatic heterocycles. The van der Waals surface area contributed by atoms with Crippen molar-refractivity contribution < 1.29 is 9.23 Å². The van der Waals surface area contributed by atoms with E-state index in [1.165, 1.54) is 11.1 Å². The minimum absolute atomic E-state index is 0.140. The Morgan fingerprint density at radius 3 is 2.77 bits per heavy atom. The third-order valence-corrected chi connectivity index (χ3v) is 4.87. The molecule has 0 bridgehead atoms. The molecule has 3 rings (SSSR count). The average molecular weight is 320 g/mol. The highest BCUT2D eigenvalue weighted by molar-refractivity contribution is 7.10. The van der Waals surface area contributed by atoms with Crippen LogP contribution in [0.3, 0.4) is 0 Å². The Morgan fingerprint density at radius 1 is 1.32 bits per heavy atom. The van der Waals surface area contributed by atoms with Crippen LogP contribution in [0.4, 0.5) is 10.1 Å². The lowest BCUT2D eigenvalue weighted by atomic mass is 9.99. The largest absolute Gasteiger partial charge is 0.396 e. The van der Waals surface area contributed by atoms with Crippen molar-refractivity contribution in [3.8, 4) is 11.1 Å². The number of nitrogen functional groups attached to an aromatic ring is 1. The smallest absolute Gasteiger partial charge is 0.216 e. The fourth-order valence-corrected chi connectivity index (χ4v) is 3.28. The number of nitrogens with two attached hydrogens (primary N) is 2. The summed E-state index contributed by atoms with van der Waals surface area (Å²) >= 11 is 1.57. The zero-order chi connectivity index (χ0) is 15.9. The van der Waals surface area contributed by atoms with Gasteiger partial charge in [0.2, 0.25) is 5.96 Å². The third-order valence-electron chi connectivity index (χ3n) is 3.68. The number of nitrogens with zero attached hydrogens (tertiary/aromatic N) is 2. The van der Waals surface area contributed by atoms with E-state index in [4.69, 9.17) is 16.3 Å². The first-order chi connectivity index (χ1) is 10.4. The van der Waals surface area contributed by atoms with Crippen LogP contribution in [0.2, 0.25) is 0 Å². The molecule has 22 heavy (non-hydrogen) atoms. The molecule has 1 unspecified atom stereocenters. The lowest BCUT2D eigenvalue weighted by molar-refractivity contribution is -0.112. The van der Waals surface area contributed by atoms with E-state index in [2.05, 4.69) is 4.99 Å². The minimum Gasteiger partial charge on any atom is -0.396 e. The summed E-state index contributed by atoms with van der Waals surface area (Å²) in [4.78, 5) is 11.1. The average Bonchev–Trinajstić information content (AvgIpc) is 2.97. The predicted molar refractivity (Wildman–Crippen MR) is 86.8 cm³/mol. The fourth-order valence-electron chi connectivity index (χ4n) is 2.26. The number of anilines is 1. The Balaban J connectivity index is 1.95. The van der Waals surface area contributed by atoms with E-state index < -0.39 is 11.4 Å². The summed E-state index contributed by atoms with van der Waals surface area (Å²) in [5.74, 6) is -0.0676. The van der Waals surface area contributed by atoms with Crippen LogP contribution in [0, 0.1) is 5.82 Å². The lowest BCUT2D eigenvalue weighted by Gasteiger charge is -2.33. The first-order valence-electron chi connectivity index (χ1n) is 6.75. The van der Waals surface area contributed by atoms with Gasteiger partial charge in [-0.1, -0.05) is 6.07 Å². The van der Waals surface area contributed by atoms with Crippen LogP contribution in [0.15, 0.2) is 34.6 Å². The van der Waals surface area contributed by atoms with E-state index in [9.17, 15) is 4.39 Å². The Bertz CT molecular complexity index is 745.